The highest BCUT2D eigenvalue weighted by molar-refractivity contribution is 5.94. The highest BCUT2D eigenvalue weighted by Crippen LogP contribution is 2.16. The summed E-state index contributed by atoms with van der Waals surface area (Å²) < 4.78 is 0. The molecule has 5 N–H and O–H groups in total. The second-order valence-corrected chi connectivity index (χ2v) is 2.69. The first-order chi connectivity index (χ1) is 6.19. The number of carbonyl (C=O) groups is 1. The topological polar surface area (TPSA) is 81.1 Å². The largest absolute Gasteiger partial charge is 0.388 e. The molecule has 1 aromatic carbocycles. The van der Waals surface area contributed by atoms with E-state index in [0.717, 1.165) is 11.3 Å². The molecule has 0 saturated carbocycles. The van der Waals surface area contributed by atoms with Crippen molar-refractivity contribution in [2.24, 2.45) is 11.5 Å². The van der Waals surface area contributed by atoms with Crippen LogP contribution in [0.5, 0.6) is 0 Å². The Balaban J connectivity index is 3.13. The molecule has 13 heavy (non-hydrogen) atoms. The first kappa shape index (κ1) is 9.54. The van der Waals surface area contributed by atoms with Crippen molar-refractivity contribution in [1.82, 2.24) is 0 Å². The number of anilines is 1. The van der Waals surface area contributed by atoms with Gasteiger partial charge >= 0.3 is 0 Å². The minimum atomic E-state index is -0.430. The van der Waals surface area contributed by atoms with Crippen molar-refractivity contribution >= 4 is 11.6 Å². The first-order valence-corrected chi connectivity index (χ1v) is 3.99. The van der Waals surface area contributed by atoms with Gasteiger partial charge in [-0.1, -0.05) is 6.07 Å². The molecule has 1 amide bonds. The minimum absolute atomic E-state index is 0.430. The van der Waals surface area contributed by atoms with Crippen LogP contribution in [0.4, 0.5) is 5.69 Å². The molecule has 0 heterocycles. The Kier molecular flexibility index (Phi) is 2.87. The van der Waals surface area contributed by atoms with Gasteiger partial charge in [-0.05, 0) is 17.7 Å². The molecule has 0 radical (unpaired) electrons. The van der Waals surface area contributed by atoms with E-state index in [9.17, 15) is 4.79 Å². The zero-order chi connectivity index (χ0) is 9.84. The molecule has 0 spiro atoms. The predicted octanol–water partition coefficient (Wildman–Crippen LogP) is 0.286. The van der Waals surface area contributed by atoms with Crippen molar-refractivity contribution in [2.45, 2.75) is 6.54 Å². The molecular weight excluding hydrogens is 166 g/mol. The van der Waals surface area contributed by atoms with Crippen LogP contribution >= 0.6 is 0 Å². The summed E-state index contributed by atoms with van der Waals surface area (Å²) in [5.74, 6) is -0.430. The van der Waals surface area contributed by atoms with Crippen LogP contribution in [0.2, 0.25) is 0 Å². The molecule has 1 aromatic rings. The third kappa shape index (κ3) is 1.97. The standard InChI is InChI=1S/C9H13N3O/c1-12-8-4-6(9(11)13)2-3-7(8)5-10/h2-4,12H,5,10H2,1H3,(H2,11,13). The molecule has 0 aliphatic carbocycles. The average molecular weight is 179 g/mol. The Hall–Kier alpha value is -1.55. The van der Waals surface area contributed by atoms with Crippen molar-refractivity contribution in [1.29, 1.82) is 0 Å². The maximum atomic E-state index is 10.8. The summed E-state index contributed by atoms with van der Waals surface area (Å²) in [5.41, 5.74) is 12.9. The van der Waals surface area contributed by atoms with E-state index in [2.05, 4.69) is 5.32 Å². The monoisotopic (exact) mass is 179 g/mol. The van der Waals surface area contributed by atoms with Crippen LogP contribution in [0.25, 0.3) is 0 Å². The fourth-order valence-corrected chi connectivity index (χ4v) is 1.14. The molecule has 70 valence electrons. The normalized spacial score (nSPS) is 9.69. The van der Waals surface area contributed by atoms with E-state index in [4.69, 9.17) is 11.5 Å². The lowest BCUT2D eigenvalue weighted by atomic mass is 10.1. The zero-order valence-electron chi connectivity index (χ0n) is 7.50. The number of nitrogens with one attached hydrogen (secondary N) is 1. The number of rotatable bonds is 3. The molecule has 0 saturated heterocycles. The van der Waals surface area contributed by atoms with Gasteiger partial charge in [0.25, 0.3) is 0 Å². The number of hydrogen-bond acceptors (Lipinski definition) is 3. The van der Waals surface area contributed by atoms with Gasteiger partial charge in [-0.3, -0.25) is 4.79 Å². The van der Waals surface area contributed by atoms with Crippen LogP contribution in [-0.2, 0) is 6.54 Å². The third-order valence-corrected chi connectivity index (χ3v) is 1.88. The molecular formula is C9H13N3O. The van der Waals surface area contributed by atoms with E-state index in [1.54, 1.807) is 25.2 Å². The van der Waals surface area contributed by atoms with Gasteiger partial charge in [-0.2, -0.15) is 0 Å². The molecule has 4 heteroatoms. The SMILES string of the molecule is CNc1cc(C(N)=O)ccc1CN. The number of benzene rings is 1. The van der Waals surface area contributed by atoms with Crippen LogP contribution in [0.15, 0.2) is 18.2 Å². The minimum Gasteiger partial charge on any atom is -0.388 e. The lowest BCUT2D eigenvalue weighted by molar-refractivity contribution is 0.100. The molecule has 1 rings (SSSR count). The Labute approximate surface area is 76.9 Å². The van der Waals surface area contributed by atoms with Crippen LogP contribution in [0, 0.1) is 0 Å². The van der Waals surface area contributed by atoms with E-state index in [1.807, 2.05) is 0 Å². The van der Waals surface area contributed by atoms with E-state index in [1.165, 1.54) is 0 Å². The molecule has 0 aliphatic heterocycles. The summed E-state index contributed by atoms with van der Waals surface area (Å²) in [6, 6.07) is 5.17. The van der Waals surface area contributed by atoms with Crippen molar-refractivity contribution in [3.63, 3.8) is 0 Å². The smallest absolute Gasteiger partial charge is 0.248 e. The quantitative estimate of drug-likeness (QED) is 0.623. The summed E-state index contributed by atoms with van der Waals surface area (Å²) in [6.45, 7) is 0.440. The summed E-state index contributed by atoms with van der Waals surface area (Å²) in [6.07, 6.45) is 0. The molecule has 0 unspecified atom stereocenters. The Morgan fingerprint density at radius 1 is 1.54 bits per heavy atom. The second-order valence-electron chi connectivity index (χ2n) is 2.69. The first-order valence-electron chi connectivity index (χ1n) is 3.99. The molecule has 0 atom stereocenters. The maximum absolute atomic E-state index is 10.8. The third-order valence-electron chi connectivity index (χ3n) is 1.88. The summed E-state index contributed by atoms with van der Waals surface area (Å²) in [4.78, 5) is 10.8. The Bertz CT molecular complexity index is 323. The molecule has 0 aromatic heterocycles. The molecule has 4 nitrogen and oxygen atoms in total. The second kappa shape index (κ2) is 3.91. The van der Waals surface area contributed by atoms with Crippen molar-refractivity contribution < 1.29 is 4.79 Å². The molecule has 0 bridgehead atoms. The number of nitrogens with two attached hydrogens (primary N) is 2. The Morgan fingerprint density at radius 2 is 2.23 bits per heavy atom. The fraction of sp³-hybridized carbons (Fsp3) is 0.222. The van der Waals surface area contributed by atoms with E-state index in [-0.39, 0.29) is 0 Å². The van der Waals surface area contributed by atoms with Crippen molar-refractivity contribution in [3.05, 3.63) is 29.3 Å². The average Bonchev–Trinajstić information content (AvgIpc) is 2.16. The summed E-state index contributed by atoms with van der Waals surface area (Å²) in [7, 11) is 1.78. The lowest BCUT2D eigenvalue weighted by Crippen LogP contribution is -2.12. The highest BCUT2D eigenvalue weighted by Gasteiger charge is 2.04. The van der Waals surface area contributed by atoms with Gasteiger partial charge in [0.1, 0.15) is 0 Å². The lowest BCUT2D eigenvalue weighted by Gasteiger charge is -2.07. The molecule has 0 aliphatic rings. The zero-order valence-corrected chi connectivity index (χ0v) is 7.50. The van der Waals surface area contributed by atoms with Gasteiger partial charge in [-0.25, -0.2) is 0 Å². The van der Waals surface area contributed by atoms with E-state index >= 15 is 0 Å². The van der Waals surface area contributed by atoms with Crippen molar-refractivity contribution in [2.75, 3.05) is 12.4 Å². The fourth-order valence-electron chi connectivity index (χ4n) is 1.14. The van der Waals surface area contributed by atoms with Crippen LogP contribution in [-0.4, -0.2) is 13.0 Å². The van der Waals surface area contributed by atoms with Crippen LogP contribution < -0.4 is 16.8 Å². The Morgan fingerprint density at radius 3 is 2.69 bits per heavy atom. The number of primary amides is 1. The maximum Gasteiger partial charge on any atom is 0.248 e. The summed E-state index contributed by atoms with van der Waals surface area (Å²) in [5, 5.41) is 2.95. The van der Waals surface area contributed by atoms with Gasteiger partial charge in [0, 0.05) is 24.8 Å². The number of amides is 1. The van der Waals surface area contributed by atoms with Gasteiger partial charge in [0.15, 0.2) is 0 Å². The van der Waals surface area contributed by atoms with E-state index in [0.29, 0.717) is 12.1 Å². The number of carbonyl (C=O) groups excluding carboxylic acids is 1. The summed E-state index contributed by atoms with van der Waals surface area (Å²) >= 11 is 0. The number of hydrogen-bond donors (Lipinski definition) is 3. The molecule has 0 fully saturated rings. The van der Waals surface area contributed by atoms with Gasteiger partial charge in [0.2, 0.25) is 5.91 Å². The predicted molar refractivity (Wildman–Crippen MR) is 52.4 cm³/mol. The van der Waals surface area contributed by atoms with Gasteiger partial charge in [-0.15, -0.1) is 0 Å². The highest BCUT2D eigenvalue weighted by atomic mass is 16.1. The van der Waals surface area contributed by atoms with Crippen molar-refractivity contribution in [3.8, 4) is 0 Å². The van der Waals surface area contributed by atoms with E-state index < -0.39 is 5.91 Å². The van der Waals surface area contributed by atoms with Crippen LogP contribution in [0.1, 0.15) is 15.9 Å². The van der Waals surface area contributed by atoms with Gasteiger partial charge in [0.05, 0.1) is 0 Å². The van der Waals surface area contributed by atoms with Gasteiger partial charge < -0.3 is 16.8 Å². The van der Waals surface area contributed by atoms with Crippen LogP contribution in [0.3, 0.4) is 0 Å².